The third-order valence-electron chi connectivity index (χ3n) is 3.69. The molecule has 2 aromatic heterocycles. The molecule has 22 heavy (non-hydrogen) atoms. The van der Waals surface area contributed by atoms with E-state index in [4.69, 9.17) is 0 Å². The molecule has 1 amide bonds. The van der Waals surface area contributed by atoms with Gasteiger partial charge in [0.15, 0.2) is 0 Å². The van der Waals surface area contributed by atoms with Gasteiger partial charge in [0, 0.05) is 17.6 Å². The van der Waals surface area contributed by atoms with Gasteiger partial charge in [0.2, 0.25) is 0 Å². The third-order valence-corrected chi connectivity index (χ3v) is 4.66. The fourth-order valence-electron chi connectivity index (χ4n) is 2.64. The van der Waals surface area contributed by atoms with E-state index in [1.165, 1.54) is 6.07 Å². The van der Waals surface area contributed by atoms with E-state index in [0.717, 1.165) is 30.0 Å². The van der Waals surface area contributed by atoms with E-state index in [0.29, 0.717) is 6.54 Å². The van der Waals surface area contributed by atoms with Crippen LogP contribution in [0.15, 0.2) is 35.8 Å². The molecule has 0 radical (unpaired) electrons. The lowest BCUT2D eigenvalue weighted by molar-refractivity contribution is -0.141. The molecule has 3 heterocycles. The van der Waals surface area contributed by atoms with Gasteiger partial charge in [-0.1, -0.05) is 6.07 Å². The second-order valence-corrected chi connectivity index (χ2v) is 6.08. The molecular weight excluding hydrogens is 313 g/mol. The Balaban J connectivity index is 1.81. The Morgan fingerprint density at radius 2 is 2.14 bits per heavy atom. The van der Waals surface area contributed by atoms with Gasteiger partial charge in [-0.3, -0.25) is 9.78 Å². The Morgan fingerprint density at radius 1 is 1.32 bits per heavy atom. The summed E-state index contributed by atoms with van der Waals surface area (Å²) in [4.78, 5) is 18.7. The molecule has 1 aliphatic rings. The van der Waals surface area contributed by atoms with Crippen molar-refractivity contribution in [3.8, 4) is 0 Å². The summed E-state index contributed by atoms with van der Waals surface area (Å²) in [7, 11) is 0. The van der Waals surface area contributed by atoms with Crippen LogP contribution in [0, 0.1) is 0 Å². The van der Waals surface area contributed by atoms with Gasteiger partial charge < -0.3 is 4.90 Å². The SMILES string of the molecule is O=C(c1ccc(C(F)(F)F)nc1)N1CCC[C@H]1c1cccs1. The number of rotatable bonds is 2. The predicted octanol–water partition coefficient (Wildman–Crippen LogP) is 4.14. The van der Waals surface area contributed by atoms with E-state index in [-0.39, 0.29) is 17.5 Å². The number of aromatic nitrogens is 1. The number of hydrogen-bond donors (Lipinski definition) is 0. The first-order valence-corrected chi connectivity index (χ1v) is 7.72. The van der Waals surface area contributed by atoms with Crippen molar-refractivity contribution in [1.29, 1.82) is 0 Å². The first-order chi connectivity index (χ1) is 10.5. The minimum absolute atomic E-state index is 0.00907. The fraction of sp³-hybridized carbons (Fsp3) is 0.333. The Hall–Kier alpha value is -1.89. The van der Waals surface area contributed by atoms with Crippen LogP contribution in [0.3, 0.4) is 0 Å². The minimum Gasteiger partial charge on any atom is -0.331 e. The predicted molar refractivity (Wildman–Crippen MR) is 76.6 cm³/mol. The van der Waals surface area contributed by atoms with Crippen molar-refractivity contribution in [2.45, 2.75) is 25.1 Å². The van der Waals surface area contributed by atoms with E-state index in [9.17, 15) is 18.0 Å². The maximum atomic E-state index is 12.5. The normalized spacial score (nSPS) is 18.7. The molecule has 0 saturated carbocycles. The summed E-state index contributed by atoms with van der Waals surface area (Å²) >= 11 is 1.58. The number of carbonyl (C=O) groups excluding carboxylic acids is 1. The lowest BCUT2D eigenvalue weighted by atomic mass is 10.1. The molecule has 3 rings (SSSR count). The second kappa shape index (κ2) is 5.72. The van der Waals surface area contributed by atoms with Crippen molar-refractivity contribution in [2.75, 3.05) is 6.54 Å². The van der Waals surface area contributed by atoms with Crippen molar-refractivity contribution in [1.82, 2.24) is 9.88 Å². The number of halogens is 3. The molecule has 0 unspecified atom stereocenters. The van der Waals surface area contributed by atoms with Crippen LogP contribution >= 0.6 is 11.3 Å². The third kappa shape index (κ3) is 2.85. The highest BCUT2D eigenvalue weighted by Crippen LogP contribution is 2.35. The van der Waals surface area contributed by atoms with Crippen molar-refractivity contribution < 1.29 is 18.0 Å². The summed E-state index contributed by atoms with van der Waals surface area (Å²) in [6.07, 6.45) is -1.72. The van der Waals surface area contributed by atoms with Crippen LogP contribution in [0.4, 0.5) is 13.2 Å². The molecule has 1 saturated heterocycles. The van der Waals surface area contributed by atoms with Crippen LogP contribution < -0.4 is 0 Å². The summed E-state index contributed by atoms with van der Waals surface area (Å²) in [6, 6.07) is 5.97. The fourth-order valence-corrected chi connectivity index (χ4v) is 3.51. The number of carbonyl (C=O) groups is 1. The van der Waals surface area contributed by atoms with Gasteiger partial charge in [0.25, 0.3) is 5.91 Å². The largest absolute Gasteiger partial charge is 0.433 e. The molecule has 0 spiro atoms. The molecule has 0 aromatic carbocycles. The zero-order valence-electron chi connectivity index (χ0n) is 11.5. The number of alkyl halides is 3. The maximum absolute atomic E-state index is 12.5. The smallest absolute Gasteiger partial charge is 0.331 e. The molecule has 0 N–H and O–H groups in total. The lowest BCUT2D eigenvalue weighted by Gasteiger charge is -2.24. The highest BCUT2D eigenvalue weighted by molar-refractivity contribution is 7.10. The molecular formula is C15H13F3N2OS. The van der Waals surface area contributed by atoms with Gasteiger partial charge >= 0.3 is 6.18 Å². The first kappa shape index (κ1) is 15.0. The van der Waals surface area contributed by atoms with Gasteiger partial charge in [0.05, 0.1) is 11.6 Å². The van der Waals surface area contributed by atoms with Crippen LogP contribution in [0.2, 0.25) is 0 Å². The second-order valence-electron chi connectivity index (χ2n) is 5.10. The minimum atomic E-state index is -4.49. The van der Waals surface area contributed by atoms with Crippen molar-refractivity contribution in [2.24, 2.45) is 0 Å². The summed E-state index contributed by atoms with van der Waals surface area (Å²) in [6.45, 7) is 0.614. The van der Waals surface area contributed by atoms with Crippen LogP contribution in [0.5, 0.6) is 0 Å². The first-order valence-electron chi connectivity index (χ1n) is 6.84. The summed E-state index contributed by atoms with van der Waals surface area (Å²) in [5, 5.41) is 1.95. The Morgan fingerprint density at radius 3 is 2.73 bits per heavy atom. The standard InChI is InChI=1S/C15H13F3N2OS/c16-15(17,18)13-6-5-10(9-19-13)14(21)20-7-1-3-11(20)12-4-2-8-22-12/h2,4-6,8-9,11H,1,3,7H2/t11-/m0/s1. The van der Waals surface area contributed by atoms with Gasteiger partial charge in [-0.25, -0.2) is 0 Å². The van der Waals surface area contributed by atoms with Crippen molar-refractivity contribution in [3.63, 3.8) is 0 Å². The van der Waals surface area contributed by atoms with Crippen LogP contribution in [-0.2, 0) is 6.18 Å². The molecule has 0 aliphatic carbocycles. The zero-order chi connectivity index (χ0) is 15.7. The molecule has 0 bridgehead atoms. The Bertz CT molecular complexity index is 652. The van der Waals surface area contributed by atoms with Gasteiger partial charge in [-0.15, -0.1) is 11.3 Å². The average molecular weight is 326 g/mol. The average Bonchev–Trinajstić information content (AvgIpc) is 3.16. The topological polar surface area (TPSA) is 33.2 Å². The number of nitrogens with zero attached hydrogens (tertiary/aromatic N) is 2. The molecule has 1 atom stereocenters. The lowest BCUT2D eigenvalue weighted by Crippen LogP contribution is -2.30. The van der Waals surface area contributed by atoms with Crippen molar-refractivity contribution in [3.05, 3.63) is 52.0 Å². The molecule has 3 nitrogen and oxygen atoms in total. The van der Waals surface area contributed by atoms with Gasteiger partial charge in [-0.2, -0.15) is 13.2 Å². The molecule has 1 fully saturated rings. The van der Waals surface area contributed by atoms with Crippen molar-refractivity contribution >= 4 is 17.2 Å². The number of pyridine rings is 1. The van der Waals surface area contributed by atoms with Gasteiger partial charge in [-0.05, 0) is 36.4 Å². The Labute approximate surface area is 129 Å². The number of likely N-dealkylation sites (tertiary alicyclic amines) is 1. The Kier molecular flexibility index (Phi) is 3.90. The van der Waals surface area contributed by atoms with Gasteiger partial charge in [0.1, 0.15) is 5.69 Å². The van der Waals surface area contributed by atoms with E-state index < -0.39 is 11.9 Å². The van der Waals surface area contributed by atoms with Crippen LogP contribution in [0.25, 0.3) is 0 Å². The number of amides is 1. The summed E-state index contributed by atoms with van der Waals surface area (Å²) in [5.41, 5.74) is -0.795. The summed E-state index contributed by atoms with van der Waals surface area (Å²) in [5.74, 6) is -0.267. The van der Waals surface area contributed by atoms with E-state index in [1.54, 1.807) is 16.2 Å². The van der Waals surface area contributed by atoms with E-state index in [1.807, 2.05) is 17.5 Å². The maximum Gasteiger partial charge on any atom is 0.433 e. The summed E-state index contributed by atoms with van der Waals surface area (Å²) < 4.78 is 37.5. The molecule has 2 aromatic rings. The van der Waals surface area contributed by atoms with E-state index in [2.05, 4.69) is 4.98 Å². The zero-order valence-corrected chi connectivity index (χ0v) is 12.3. The molecule has 116 valence electrons. The molecule has 1 aliphatic heterocycles. The number of thiophene rings is 1. The van der Waals surface area contributed by atoms with Crippen LogP contribution in [-0.4, -0.2) is 22.3 Å². The quantitative estimate of drug-likeness (QED) is 0.831. The number of hydrogen-bond acceptors (Lipinski definition) is 3. The highest BCUT2D eigenvalue weighted by atomic mass is 32.1. The molecule has 7 heteroatoms. The van der Waals surface area contributed by atoms with E-state index >= 15 is 0 Å². The monoisotopic (exact) mass is 326 g/mol. The van der Waals surface area contributed by atoms with Crippen LogP contribution in [0.1, 0.15) is 39.8 Å². The highest BCUT2D eigenvalue weighted by Gasteiger charge is 2.34.